The van der Waals surface area contributed by atoms with E-state index in [1.54, 1.807) is 16.7 Å². The summed E-state index contributed by atoms with van der Waals surface area (Å²) in [4.78, 5) is 10.1. The van der Waals surface area contributed by atoms with Crippen molar-refractivity contribution in [1.82, 2.24) is 24.5 Å². The van der Waals surface area contributed by atoms with E-state index in [1.165, 1.54) is 28.8 Å². The summed E-state index contributed by atoms with van der Waals surface area (Å²) >= 11 is 4.60. The molecule has 0 atom stereocenters. The number of furan rings is 1. The molecule has 114 valence electrons. The van der Waals surface area contributed by atoms with Crippen LogP contribution in [0.2, 0.25) is 0 Å². The first-order valence-electron chi connectivity index (χ1n) is 5.99. The Morgan fingerprint density at radius 2 is 2.27 bits per heavy atom. The van der Waals surface area contributed by atoms with Crippen molar-refractivity contribution < 1.29 is 9.34 Å². The number of nitrogens with zero attached hydrogens (tertiary/aromatic N) is 6. The predicted molar refractivity (Wildman–Crippen MR) is 81.1 cm³/mol. The van der Waals surface area contributed by atoms with Crippen molar-refractivity contribution in [1.29, 1.82) is 0 Å². The second-order valence-electron chi connectivity index (χ2n) is 4.24. The normalized spacial score (nSPS) is 11.0. The van der Waals surface area contributed by atoms with Crippen LogP contribution in [-0.2, 0) is 12.9 Å². The topological polar surface area (TPSA) is 105 Å². The Kier molecular flexibility index (Phi) is 3.98. The molecule has 0 saturated heterocycles. The maximum absolute atomic E-state index is 10.6. The first kappa shape index (κ1) is 14.8. The van der Waals surface area contributed by atoms with Crippen LogP contribution < -0.4 is 0 Å². The fourth-order valence-electron chi connectivity index (χ4n) is 1.73. The van der Waals surface area contributed by atoms with Crippen LogP contribution in [0.15, 0.2) is 38.8 Å². The molecule has 0 radical (unpaired) electrons. The van der Waals surface area contributed by atoms with Gasteiger partial charge in [0.05, 0.1) is 10.8 Å². The SMILES string of the molecule is Cn1c(SCn2cc([N+](=O)[O-])cn2)nnc1-c1ccc(Br)o1. The van der Waals surface area contributed by atoms with E-state index in [4.69, 9.17) is 4.42 Å². The Labute approximate surface area is 136 Å². The van der Waals surface area contributed by atoms with Gasteiger partial charge in [0.15, 0.2) is 21.4 Å². The third-order valence-corrected chi connectivity index (χ3v) is 4.22. The average Bonchev–Trinajstić information content (AvgIpc) is 3.17. The summed E-state index contributed by atoms with van der Waals surface area (Å²) in [5.74, 6) is 1.59. The van der Waals surface area contributed by atoms with Crippen LogP contribution >= 0.6 is 27.7 Å². The molecule has 0 saturated carbocycles. The standard InChI is InChI=1S/C11H9BrN6O3S/c1-16-10(8-2-3-9(12)21-8)14-15-11(16)22-6-17-5-7(4-13-17)18(19)20/h2-5H,6H2,1H3. The fraction of sp³-hybridized carbons (Fsp3) is 0.182. The Bertz CT molecular complexity index is 826. The number of halogens is 1. The van der Waals surface area contributed by atoms with E-state index in [1.807, 2.05) is 7.05 Å². The molecule has 0 aliphatic carbocycles. The van der Waals surface area contributed by atoms with E-state index in [2.05, 4.69) is 31.2 Å². The van der Waals surface area contributed by atoms with Crippen molar-refractivity contribution in [3.8, 4) is 11.6 Å². The lowest BCUT2D eigenvalue weighted by Gasteiger charge is -2.02. The smallest absolute Gasteiger partial charge is 0.307 e. The van der Waals surface area contributed by atoms with E-state index in [9.17, 15) is 10.1 Å². The molecule has 0 spiro atoms. The van der Waals surface area contributed by atoms with E-state index in [0.29, 0.717) is 27.3 Å². The molecule has 0 aromatic carbocycles. The first-order chi connectivity index (χ1) is 10.5. The zero-order valence-corrected chi connectivity index (χ0v) is 13.6. The van der Waals surface area contributed by atoms with Crippen LogP contribution in [0.25, 0.3) is 11.6 Å². The van der Waals surface area contributed by atoms with Gasteiger partial charge in [-0.3, -0.25) is 14.8 Å². The molecule has 3 rings (SSSR count). The second-order valence-corrected chi connectivity index (χ2v) is 5.93. The van der Waals surface area contributed by atoms with Gasteiger partial charge < -0.3 is 8.98 Å². The maximum Gasteiger partial charge on any atom is 0.307 e. The molecule has 0 aliphatic rings. The number of thioether (sulfide) groups is 1. The van der Waals surface area contributed by atoms with Crippen LogP contribution in [0.4, 0.5) is 5.69 Å². The van der Waals surface area contributed by atoms with Crippen molar-refractivity contribution >= 4 is 33.4 Å². The highest BCUT2D eigenvalue weighted by atomic mass is 79.9. The fourth-order valence-corrected chi connectivity index (χ4v) is 2.81. The van der Waals surface area contributed by atoms with E-state index >= 15 is 0 Å². The zero-order valence-electron chi connectivity index (χ0n) is 11.2. The van der Waals surface area contributed by atoms with Gasteiger partial charge in [-0.05, 0) is 28.1 Å². The van der Waals surface area contributed by atoms with E-state index in [-0.39, 0.29) is 5.69 Å². The highest BCUT2D eigenvalue weighted by molar-refractivity contribution is 9.10. The number of hydrogen-bond donors (Lipinski definition) is 0. The van der Waals surface area contributed by atoms with Gasteiger partial charge in [0.2, 0.25) is 0 Å². The Morgan fingerprint density at radius 3 is 2.91 bits per heavy atom. The molecule has 22 heavy (non-hydrogen) atoms. The van der Waals surface area contributed by atoms with Crippen LogP contribution in [0.3, 0.4) is 0 Å². The van der Waals surface area contributed by atoms with Crippen molar-refractivity contribution in [3.05, 3.63) is 39.3 Å². The Balaban J connectivity index is 1.73. The molecule has 0 unspecified atom stereocenters. The predicted octanol–water partition coefficient (Wildman–Crippen LogP) is 2.69. The molecule has 0 amide bonds. The van der Waals surface area contributed by atoms with Crippen molar-refractivity contribution in [2.24, 2.45) is 7.05 Å². The van der Waals surface area contributed by atoms with Crippen LogP contribution in [0.5, 0.6) is 0 Å². The molecule has 0 bridgehead atoms. The third kappa shape index (κ3) is 2.90. The molecular formula is C11H9BrN6O3S. The van der Waals surface area contributed by atoms with Gasteiger partial charge in [-0.25, -0.2) is 0 Å². The molecule has 3 heterocycles. The highest BCUT2D eigenvalue weighted by Gasteiger charge is 2.15. The third-order valence-electron chi connectivity index (χ3n) is 2.78. The summed E-state index contributed by atoms with van der Waals surface area (Å²) < 4.78 is 9.32. The van der Waals surface area contributed by atoms with Gasteiger partial charge in [0, 0.05) is 7.05 Å². The van der Waals surface area contributed by atoms with Crippen LogP contribution in [0.1, 0.15) is 0 Å². The summed E-state index contributed by atoms with van der Waals surface area (Å²) in [7, 11) is 1.82. The number of hydrogen-bond acceptors (Lipinski definition) is 7. The zero-order chi connectivity index (χ0) is 15.7. The quantitative estimate of drug-likeness (QED) is 0.378. The van der Waals surface area contributed by atoms with Gasteiger partial charge in [-0.2, -0.15) is 5.10 Å². The minimum Gasteiger partial charge on any atom is -0.446 e. The Hall–Kier alpha value is -2.14. The summed E-state index contributed by atoms with van der Waals surface area (Å²) in [5.41, 5.74) is -0.0420. The van der Waals surface area contributed by atoms with Gasteiger partial charge in [-0.1, -0.05) is 11.8 Å². The van der Waals surface area contributed by atoms with Gasteiger partial charge in [0.25, 0.3) is 0 Å². The molecule has 9 nitrogen and oxygen atoms in total. The maximum atomic E-state index is 10.6. The lowest BCUT2D eigenvalue weighted by Crippen LogP contribution is -1.98. The minimum atomic E-state index is -0.483. The second kappa shape index (κ2) is 5.93. The van der Waals surface area contributed by atoms with Gasteiger partial charge >= 0.3 is 5.69 Å². The van der Waals surface area contributed by atoms with Crippen molar-refractivity contribution in [2.75, 3.05) is 0 Å². The molecule has 3 aromatic heterocycles. The highest BCUT2D eigenvalue weighted by Crippen LogP contribution is 2.26. The number of rotatable bonds is 5. The molecular weight excluding hydrogens is 376 g/mol. The average molecular weight is 385 g/mol. The lowest BCUT2D eigenvalue weighted by molar-refractivity contribution is -0.385. The molecule has 11 heteroatoms. The number of aromatic nitrogens is 5. The van der Waals surface area contributed by atoms with Crippen LogP contribution in [-0.4, -0.2) is 29.5 Å². The Morgan fingerprint density at radius 1 is 1.45 bits per heavy atom. The van der Waals surface area contributed by atoms with Crippen molar-refractivity contribution in [3.63, 3.8) is 0 Å². The summed E-state index contributed by atoms with van der Waals surface area (Å²) in [6.07, 6.45) is 2.58. The summed E-state index contributed by atoms with van der Waals surface area (Å²) in [5, 5.41) is 23.4. The molecule has 0 aliphatic heterocycles. The monoisotopic (exact) mass is 384 g/mol. The summed E-state index contributed by atoms with van der Waals surface area (Å²) in [6, 6.07) is 3.57. The minimum absolute atomic E-state index is 0.0420. The lowest BCUT2D eigenvalue weighted by atomic mass is 10.4. The molecule has 0 N–H and O–H groups in total. The molecule has 3 aromatic rings. The van der Waals surface area contributed by atoms with Crippen molar-refractivity contribution in [2.45, 2.75) is 11.0 Å². The van der Waals surface area contributed by atoms with E-state index < -0.39 is 4.92 Å². The molecule has 0 fully saturated rings. The van der Waals surface area contributed by atoms with Crippen LogP contribution in [0, 0.1) is 10.1 Å². The largest absolute Gasteiger partial charge is 0.446 e. The summed E-state index contributed by atoms with van der Waals surface area (Å²) in [6.45, 7) is 0. The first-order valence-corrected chi connectivity index (χ1v) is 7.77. The van der Waals surface area contributed by atoms with Gasteiger partial charge in [0.1, 0.15) is 12.4 Å². The van der Waals surface area contributed by atoms with Gasteiger partial charge in [-0.15, -0.1) is 10.2 Å². The number of nitro groups is 1. The van der Waals surface area contributed by atoms with E-state index in [0.717, 1.165) is 0 Å².